The predicted octanol–water partition coefficient (Wildman–Crippen LogP) is 12.5. The average molecular weight is 785 g/mol. The van der Waals surface area contributed by atoms with Crippen molar-refractivity contribution >= 4 is 166 Å². The first kappa shape index (κ1) is 32.0. The number of benzene rings is 6. The Bertz CT molecular complexity index is 2640. The molecule has 8 heteroatoms. The summed E-state index contributed by atoms with van der Waals surface area (Å²) in [5, 5.41) is 33.6. The monoisotopic (exact) mass is 784 g/mol. The lowest BCUT2D eigenvalue weighted by Gasteiger charge is -2.12. The summed E-state index contributed by atoms with van der Waals surface area (Å²) in [7, 11) is 0. The first-order valence-corrected chi connectivity index (χ1v) is 22.9. The summed E-state index contributed by atoms with van der Waals surface area (Å²) in [5.74, 6) is 0. The minimum absolute atomic E-state index is 1.21. The highest BCUT2D eigenvalue weighted by molar-refractivity contribution is 8.36. The molecular formula is C42H24S8. The molecular weight excluding hydrogens is 761 g/mol. The highest BCUT2D eigenvalue weighted by Gasteiger charge is 2.17. The second kappa shape index (κ2) is 13.7. The van der Waals surface area contributed by atoms with Crippen molar-refractivity contribution in [3.63, 3.8) is 0 Å². The van der Waals surface area contributed by atoms with Crippen LogP contribution in [0.4, 0.5) is 0 Å². The number of hydrogen-bond donors (Lipinski definition) is 0. The maximum atomic E-state index is 2.41. The molecule has 0 fully saturated rings. The molecule has 0 amide bonds. The van der Waals surface area contributed by atoms with Crippen LogP contribution in [0.2, 0.25) is 0 Å². The van der Waals surface area contributed by atoms with Crippen molar-refractivity contribution in [3.8, 4) is 0 Å². The van der Waals surface area contributed by atoms with Crippen LogP contribution in [-0.4, -0.2) is 0 Å². The summed E-state index contributed by atoms with van der Waals surface area (Å²) in [6.07, 6.45) is 4.59. The molecule has 4 aliphatic rings. The summed E-state index contributed by atoms with van der Waals surface area (Å²) in [6.45, 7) is 0. The zero-order chi connectivity index (χ0) is 33.0. The first-order chi connectivity index (χ1) is 24.8. The topological polar surface area (TPSA) is 0 Å². The molecule has 0 atom stereocenters. The van der Waals surface area contributed by atoms with E-state index >= 15 is 0 Å². The van der Waals surface area contributed by atoms with E-state index in [9.17, 15) is 0 Å². The van der Waals surface area contributed by atoms with Gasteiger partial charge in [-0.2, -0.15) is 0 Å². The Morgan fingerprint density at radius 1 is 0.280 bits per heavy atom. The molecule has 0 saturated carbocycles. The van der Waals surface area contributed by atoms with Gasteiger partial charge in [0.05, 0.1) is 16.9 Å². The van der Waals surface area contributed by atoms with E-state index in [1.165, 1.54) is 92.0 Å². The minimum Gasteiger partial charge on any atom is -0.0895 e. The average Bonchev–Trinajstić information content (AvgIpc) is 4.01. The smallest absolute Gasteiger partial charge is 0.0571 e. The largest absolute Gasteiger partial charge is 0.0895 e. The maximum Gasteiger partial charge on any atom is 0.0571 e. The molecule has 0 aliphatic carbocycles. The van der Waals surface area contributed by atoms with Crippen LogP contribution in [0, 0.1) is 0 Å². The zero-order valence-electron chi connectivity index (χ0n) is 26.1. The van der Waals surface area contributed by atoms with E-state index in [1.807, 2.05) is 94.1 Å². The Labute approximate surface area is 323 Å². The van der Waals surface area contributed by atoms with Gasteiger partial charge in [0, 0.05) is 20.9 Å². The molecule has 50 heavy (non-hydrogen) atoms. The molecule has 0 spiro atoms. The molecule has 0 aromatic heterocycles. The van der Waals surface area contributed by atoms with Crippen LogP contribution in [0.15, 0.2) is 128 Å². The minimum atomic E-state index is 1.21. The van der Waals surface area contributed by atoms with Gasteiger partial charge in [0.1, 0.15) is 0 Å². The Morgan fingerprint density at radius 2 is 0.540 bits per heavy atom. The van der Waals surface area contributed by atoms with Gasteiger partial charge in [-0.1, -0.05) is 179 Å². The van der Waals surface area contributed by atoms with Gasteiger partial charge in [0.2, 0.25) is 0 Å². The van der Waals surface area contributed by atoms with E-state index in [-0.39, 0.29) is 0 Å². The van der Waals surface area contributed by atoms with Crippen LogP contribution < -0.4 is 20.9 Å². The molecule has 0 saturated heterocycles. The lowest BCUT2D eigenvalue weighted by molar-refractivity contribution is 1.65. The normalized spacial score (nSPS) is 17.2. The molecule has 240 valence electrons. The van der Waals surface area contributed by atoms with E-state index in [0.29, 0.717) is 0 Å². The molecule has 4 aliphatic heterocycles. The van der Waals surface area contributed by atoms with Crippen molar-refractivity contribution in [2.24, 2.45) is 0 Å². The molecule has 0 N–H and O–H groups in total. The van der Waals surface area contributed by atoms with Crippen LogP contribution in [0.1, 0.15) is 11.1 Å². The van der Waals surface area contributed by atoms with E-state index in [1.54, 1.807) is 0 Å². The summed E-state index contributed by atoms with van der Waals surface area (Å²) in [4.78, 5) is 0. The van der Waals surface area contributed by atoms with Crippen LogP contribution >= 0.6 is 94.1 Å². The number of hydrogen-bond acceptors (Lipinski definition) is 8. The second-order valence-corrected chi connectivity index (χ2v) is 20.1. The van der Waals surface area contributed by atoms with E-state index in [2.05, 4.69) is 140 Å². The van der Waals surface area contributed by atoms with Gasteiger partial charge in [0.15, 0.2) is 0 Å². The highest BCUT2D eigenvalue weighted by Crippen LogP contribution is 2.43. The van der Waals surface area contributed by atoms with Gasteiger partial charge >= 0.3 is 0 Å². The third kappa shape index (κ3) is 5.58. The summed E-state index contributed by atoms with van der Waals surface area (Å²) in [5.41, 5.74) is 2.41. The van der Waals surface area contributed by atoms with Crippen molar-refractivity contribution in [2.75, 3.05) is 0 Å². The third-order valence-electron chi connectivity index (χ3n) is 9.00. The molecule has 6 aromatic carbocycles. The summed E-state index contributed by atoms with van der Waals surface area (Å²) in [6, 6.07) is 32.0. The number of rotatable bonds is 2. The summed E-state index contributed by atoms with van der Waals surface area (Å²) >= 11 is 14.7. The van der Waals surface area contributed by atoms with Gasteiger partial charge in [-0.25, -0.2) is 0 Å². The fourth-order valence-corrected chi connectivity index (χ4v) is 14.7. The van der Waals surface area contributed by atoms with Crippen molar-refractivity contribution in [3.05, 3.63) is 160 Å². The fraction of sp³-hybridized carbons (Fsp3) is 0. The van der Waals surface area contributed by atoms with E-state index < -0.39 is 0 Å². The van der Waals surface area contributed by atoms with Crippen molar-refractivity contribution in [1.29, 1.82) is 0 Å². The van der Waals surface area contributed by atoms with E-state index in [0.717, 1.165) is 0 Å². The van der Waals surface area contributed by atoms with Gasteiger partial charge in [-0.05, 0) is 110 Å². The van der Waals surface area contributed by atoms with Crippen LogP contribution in [-0.2, 0) is 0 Å². The molecule has 4 heterocycles. The fourth-order valence-electron chi connectivity index (χ4n) is 6.97. The summed E-state index contributed by atoms with van der Waals surface area (Å²) < 4.78 is 5.40. The number of thioether (sulfide) groups is 8. The Hall–Kier alpha value is -2.66. The van der Waals surface area contributed by atoms with Crippen molar-refractivity contribution in [1.82, 2.24) is 0 Å². The van der Waals surface area contributed by atoms with Crippen LogP contribution in [0.25, 0.3) is 72.2 Å². The van der Waals surface area contributed by atoms with Crippen molar-refractivity contribution in [2.45, 2.75) is 0 Å². The Kier molecular flexibility index (Phi) is 8.79. The molecule has 0 unspecified atom stereocenters. The molecule has 10 rings (SSSR count). The van der Waals surface area contributed by atoms with Gasteiger partial charge in [-0.3, -0.25) is 0 Å². The SMILES string of the molecule is C1=CSC(=c2c3ccccc3c(=C3SC=CS3)c3cc(/C=C/c4ccc5c(=C6SC=CS6)c6ccccc6c(=C6SC=CS6)c5c4)ccc23)S1. The molecule has 0 nitrogen and oxygen atoms in total. The molecule has 6 aromatic rings. The third-order valence-corrected chi connectivity index (χ3v) is 17.5. The quantitative estimate of drug-likeness (QED) is 0.124. The van der Waals surface area contributed by atoms with E-state index in [4.69, 9.17) is 0 Å². The highest BCUT2D eigenvalue weighted by atomic mass is 32.2. The van der Waals surface area contributed by atoms with Crippen LogP contribution in [0.3, 0.4) is 0 Å². The standard InChI is InChI=1S/C42H24S8/c1-3-7-29-27(5-1)35(39-43-15-16-44-39)31-13-11-25(23-33(31)37(29)41-47-19-20-48-41)9-10-26-12-14-32-34(24-26)38(42-49-21-22-50-42)30-8-4-2-6-28(30)36(32)40-45-17-18-46-40/h1-24H/b10-9+. The molecule has 0 bridgehead atoms. The van der Waals surface area contributed by atoms with Gasteiger partial charge in [0.25, 0.3) is 0 Å². The van der Waals surface area contributed by atoms with Gasteiger partial charge in [-0.15, -0.1) is 0 Å². The predicted molar refractivity (Wildman–Crippen MR) is 241 cm³/mol. The van der Waals surface area contributed by atoms with Gasteiger partial charge < -0.3 is 0 Å². The van der Waals surface area contributed by atoms with Crippen LogP contribution in [0.5, 0.6) is 0 Å². The lowest BCUT2D eigenvalue weighted by Crippen LogP contribution is -2.17. The number of fused-ring (bicyclic) bond motifs is 4. The van der Waals surface area contributed by atoms with Crippen molar-refractivity contribution < 1.29 is 0 Å². The molecule has 0 radical (unpaired) electrons. The first-order valence-electron chi connectivity index (χ1n) is 15.9. The lowest BCUT2D eigenvalue weighted by atomic mass is 9.96. The maximum absolute atomic E-state index is 2.41. The Balaban J connectivity index is 1.19. The zero-order valence-corrected chi connectivity index (χ0v) is 32.7. The Morgan fingerprint density at radius 3 is 0.840 bits per heavy atom. The second-order valence-electron chi connectivity index (χ2n) is 11.7.